The molecule has 0 aliphatic carbocycles. The van der Waals surface area contributed by atoms with E-state index in [9.17, 15) is 4.79 Å². The molecule has 4 heteroatoms. The first-order valence-electron chi connectivity index (χ1n) is 4.38. The lowest BCUT2D eigenvalue weighted by Gasteiger charge is -2.07. The minimum Gasteiger partial charge on any atom is -0.477 e. The maximum absolute atomic E-state index is 10.8. The maximum Gasteiger partial charge on any atom is 0.354 e. The summed E-state index contributed by atoms with van der Waals surface area (Å²) in [4.78, 5) is 14.6. The Morgan fingerprint density at radius 2 is 2.29 bits per heavy atom. The van der Waals surface area contributed by atoms with Crippen molar-refractivity contribution in [1.82, 2.24) is 4.98 Å². The molecule has 0 fully saturated rings. The van der Waals surface area contributed by atoms with Crippen LogP contribution in [-0.4, -0.2) is 16.1 Å². The van der Waals surface area contributed by atoms with E-state index < -0.39 is 5.97 Å². The van der Waals surface area contributed by atoms with Crippen molar-refractivity contribution in [3.8, 4) is 0 Å². The fourth-order valence-electron chi connectivity index (χ4n) is 1.27. The number of aromatic nitrogens is 1. The van der Waals surface area contributed by atoms with Gasteiger partial charge in [-0.15, -0.1) is 0 Å². The third kappa shape index (κ3) is 2.70. The molecule has 1 aromatic heterocycles. The molecule has 1 N–H and O–H groups in total. The summed E-state index contributed by atoms with van der Waals surface area (Å²) in [5, 5.41) is 9.34. The lowest BCUT2D eigenvalue weighted by atomic mass is 10.0. The molecule has 0 saturated heterocycles. The normalized spacial score (nSPS) is 10.6. The molecule has 0 radical (unpaired) electrons. The molecule has 1 rings (SSSR count). The number of hydrogen-bond donors (Lipinski definition) is 1. The summed E-state index contributed by atoms with van der Waals surface area (Å²) < 4.78 is 0. The van der Waals surface area contributed by atoms with Crippen LogP contribution in [0.3, 0.4) is 0 Å². The zero-order valence-corrected chi connectivity index (χ0v) is 8.88. The van der Waals surface area contributed by atoms with Crippen molar-refractivity contribution in [1.29, 1.82) is 0 Å². The Morgan fingerprint density at radius 3 is 2.79 bits per heavy atom. The van der Waals surface area contributed by atoms with Gasteiger partial charge in [-0.05, 0) is 24.0 Å². The number of carboxylic acid groups (broad SMARTS) is 1. The molecule has 0 amide bonds. The smallest absolute Gasteiger partial charge is 0.354 e. The van der Waals surface area contributed by atoms with Crippen molar-refractivity contribution < 1.29 is 9.90 Å². The number of nitrogens with zero attached hydrogens (tertiary/aromatic N) is 1. The quantitative estimate of drug-likeness (QED) is 0.840. The Bertz CT molecular complexity index is 350. The van der Waals surface area contributed by atoms with Crippen LogP contribution in [0.1, 0.15) is 29.9 Å². The number of carboxylic acids is 1. The second kappa shape index (κ2) is 4.42. The van der Waals surface area contributed by atoms with Gasteiger partial charge in [-0.25, -0.2) is 9.78 Å². The zero-order valence-electron chi connectivity index (χ0n) is 8.12. The van der Waals surface area contributed by atoms with Crippen LogP contribution < -0.4 is 0 Å². The Hall–Kier alpha value is -1.09. The molecule has 1 heterocycles. The number of pyridine rings is 1. The number of carbonyl (C=O) groups is 1. The van der Waals surface area contributed by atoms with E-state index in [1.165, 1.54) is 6.20 Å². The summed E-state index contributed by atoms with van der Waals surface area (Å²) in [7, 11) is 0. The van der Waals surface area contributed by atoms with Crippen LogP contribution in [0.4, 0.5) is 0 Å². The van der Waals surface area contributed by atoms with Crippen molar-refractivity contribution in [3.63, 3.8) is 0 Å². The molecule has 0 saturated carbocycles. The van der Waals surface area contributed by atoms with Gasteiger partial charge in [0.2, 0.25) is 0 Å². The Morgan fingerprint density at radius 1 is 1.64 bits per heavy atom. The first-order chi connectivity index (χ1) is 6.50. The molecule has 0 aromatic carbocycles. The lowest BCUT2D eigenvalue weighted by molar-refractivity contribution is 0.0689. The van der Waals surface area contributed by atoms with Crippen LogP contribution in [0.15, 0.2) is 12.3 Å². The highest BCUT2D eigenvalue weighted by Gasteiger charge is 2.13. The first kappa shape index (κ1) is 11.0. The predicted octanol–water partition coefficient (Wildman–Crippen LogP) is 2.63. The van der Waals surface area contributed by atoms with Crippen LogP contribution in [0, 0.1) is 5.92 Å². The minimum atomic E-state index is -1.00. The second-order valence-electron chi connectivity index (χ2n) is 3.56. The van der Waals surface area contributed by atoms with E-state index in [-0.39, 0.29) is 5.69 Å². The number of aromatic carboxylic acids is 1. The average Bonchev–Trinajstić information content (AvgIpc) is 2.01. The largest absolute Gasteiger partial charge is 0.477 e. The van der Waals surface area contributed by atoms with E-state index in [1.807, 2.05) is 13.8 Å². The molecule has 0 unspecified atom stereocenters. The first-order valence-corrected chi connectivity index (χ1v) is 4.76. The van der Waals surface area contributed by atoms with Crippen LogP contribution in [0.2, 0.25) is 5.02 Å². The van der Waals surface area contributed by atoms with Crippen LogP contribution in [0.5, 0.6) is 0 Å². The second-order valence-corrected chi connectivity index (χ2v) is 4.00. The molecule has 3 nitrogen and oxygen atoms in total. The zero-order chi connectivity index (χ0) is 10.7. The third-order valence-corrected chi connectivity index (χ3v) is 1.97. The highest BCUT2D eigenvalue weighted by molar-refractivity contribution is 6.30. The van der Waals surface area contributed by atoms with Gasteiger partial charge in [0, 0.05) is 6.20 Å². The van der Waals surface area contributed by atoms with Crippen LogP contribution >= 0.6 is 11.6 Å². The predicted molar refractivity (Wildman–Crippen MR) is 54.7 cm³/mol. The average molecular weight is 214 g/mol. The highest BCUT2D eigenvalue weighted by Crippen LogP contribution is 2.16. The fourth-order valence-corrected chi connectivity index (χ4v) is 1.45. The van der Waals surface area contributed by atoms with E-state index in [1.54, 1.807) is 6.07 Å². The van der Waals surface area contributed by atoms with E-state index in [0.717, 1.165) is 0 Å². The van der Waals surface area contributed by atoms with E-state index in [2.05, 4.69) is 4.98 Å². The monoisotopic (exact) mass is 213 g/mol. The van der Waals surface area contributed by atoms with Gasteiger partial charge in [-0.2, -0.15) is 0 Å². The van der Waals surface area contributed by atoms with Gasteiger partial charge in [-0.1, -0.05) is 25.4 Å². The maximum atomic E-state index is 10.8. The van der Waals surface area contributed by atoms with E-state index in [4.69, 9.17) is 16.7 Å². The molecule has 14 heavy (non-hydrogen) atoms. The molecular formula is C10H12ClNO2. The summed E-state index contributed by atoms with van der Waals surface area (Å²) >= 11 is 5.75. The molecular weight excluding hydrogens is 202 g/mol. The molecule has 76 valence electrons. The Labute approximate surface area is 87.7 Å². The summed E-state index contributed by atoms with van der Waals surface area (Å²) in [6, 6.07) is 1.66. The Kier molecular flexibility index (Phi) is 3.47. The van der Waals surface area contributed by atoms with E-state index >= 15 is 0 Å². The van der Waals surface area contributed by atoms with Gasteiger partial charge in [0.05, 0.1) is 5.02 Å². The summed E-state index contributed by atoms with van der Waals surface area (Å²) in [6.07, 6.45) is 2.03. The van der Waals surface area contributed by atoms with Crippen molar-refractivity contribution in [2.24, 2.45) is 5.92 Å². The van der Waals surface area contributed by atoms with Gasteiger partial charge in [0.1, 0.15) is 0 Å². The third-order valence-electron chi connectivity index (χ3n) is 1.76. The standard InChI is InChI=1S/C10H12ClNO2/c1-6(2)3-7-4-8(11)5-12-9(7)10(13)14/h4-6H,3H2,1-2H3,(H,13,14). The number of rotatable bonds is 3. The lowest BCUT2D eigenvalue weighted by Crippen LogP contribution is -2.07. The highest BCUT2D eigenvalue weighted by atomic mass is 35.5. The number of hydrogen-bond acceptors (Lipinski definition) is 2. The van der Waals surface area contributed by atoms with Crippen molar-refractivity contribution in [2.45, 2.75) is 20.3 Å². The molecule has 1 aromatic rings. The topological polar surface area (TPSA) is 50.2 Å². The van der Waals surface area contributed by atoms with Crippen molar-refractivity contribution in [2.75, 3.05) is 0 Å². The van der Waals surface area contributed by atoms with Gasteiger partial charge in [0.25, 0.3) is 0 Å². The summed E-state index contributed by atoms with van der Waals surface area (Å²) in [5.41, 5.74) is 0.795. The van der Waals surface area contributed by atoms with Crippen molar-refractivity contribution in [3.05, 3.63) is 28.5 Å². The molecule has 0 aliphatic heterocycles. The van der Waals surface area contributed by atoms with Crippen molar-refractivity contribution >= 4 is 17.6 Å². The van der Waals surface area contributed by atoms with Crippen LogP contribution in [-0.2, 0) is 6.42 Å². The van der Waals surface area contributed by atoms with E-state index in [0.29, 0.717) is 22.9 Å². The van der Waals surface area contributed by atoms with Gasteiger partial charge < -0.3 is 5.11 Å². The molecule has 0 bridgehead atoms. The SMILES string of the molecule is CC(C)Cc1cc(Cl)cnc1C(=O)O. The minimum absolute atomic E-state index is 0.100. The van der Waals surface area contributed by atoms with Gasteiger partial charge >= 0.3 is 5.97 Å². The fraction of sp³-hybridized carbons (Fsp3) is 0.400. The van der Waals surface area contributed by atoms with Gasteiger partial charge in [0.15, 0.2) is 5.69 Å². The molecule has 0 aliphatic rings. The summed E-state index contributed by atoms with van der Waals surface area (Å²) in [6.45, 7) is 4.04. The van der Waals surface area contributed by atoms with Gasteiger partial charge in [-0.3, -0.25) is 0 Å². The Balaban J connectivity index is 3.09. The molecule has 0 spiro atoms. The molecule has 0 atom stereocenters. The summed E-state index contributed by atoms with van der Waals surface area (Å²) in [5.74, 6) is -0.620. The number of halogens is 1. The van der Waals surface area contributed by atoms with Crippen LogP contribution in [0.25, 0.3) is 0 Å².